The van der Waals surface area contributed by atoms with Crippen LogP contribution in [0.15, 0.2) is 12.2 Å². The van der Waals surface area contributed by atoms with E-state index >= 15 is 0 Å². The van der Waals surface area contributed by atoms with Crippen LogP contribution >= 0.6 is 0 Å². The van der Waals surface area contributed by atoms with Crippen LogP contribution in [0.1, 0.15) is 84.0 Å². The van der Waals surface area contributed by atoms with E-state index in [4.69, 9.17) is 15.2 Å². The maximum atomic E-state index is 10.2. The molecule has 1 fully saturated rings. The summed E-state index contributed by atoms with van der Waals surface area (Å²) in [5.41, 5.74) is 5.93. The number of aliphatic hydroxyl groups is 5. The van der Waals surface area contributed by atoms with Gasteiger partial charge in [0, 0.05) is 0 Å². The summed E-state index contributed by atoms with van der Waals surface area (Å²) in [6.45, 7) is 1.60. The van der Waals surface area contributed by atoms with E-state index < -0.39 is 49.5 Å². The van der Waals surface area contributed by atoms with Crippen molar-refractivity contribution in [2.24, 2.45) is 5.73 Å². The summed E-state index contributed by atoms with van der Waals surface area (Å²) in [6, 6.07) is -0.740. The quantitative estimate of drug-likeness (QED) is 0.134. The molecule has 0 saturated carbocycles. The number of allylic oxidation sites excluding steroid dienone is 1. The van der Waals surface area contributed by atoms with Gasteiger partial charge in [0.25, 0.3) is 0 Å². The summed E-state index contributed by atoms with van der Waals surface area (Å²) >= 11 is 0. The second kappa shape index (κ2) is 17.8. The Morgan fingerprint density at radius 1 is 0.875 bits per heavy atom. The Bertz CT molecular complexity index is 477. The third-order valence-electron chi connectivity index (χ3n) is 6.05. The van der Waals surface area contributed by atoms with Gasteiger partial charge in [0.2, 0.25) is 0 Å². The highest BCUT2D eigenvalue weighted by Gasteiger charge is 2.44. The van der Waals surface area contributed by atoms with E-state index in [1.54, 1.807) is 6.08 Å². The van der Waals surface area contributed by atoms with Gasteiger partial charge < -0.3 is 40.7 Å². The highest BCUT2D eigenvalue weighted by Crippen LogP contribution is 2.22. The molecule has 0 aromatic rings. The number of hydrogen-bond acceptors (Lipinski definition) is 8. The fourth-order valence-electron chi connectivity index (χ4n) is 3.81. The highest BCUT2D eigenvalue weighted by atomic mass is 16.7. The molecule has 0 unspecified atom stereocenters. The number of nitrogens with two attached hydrogens (primary N) is 1. The second-order valence-electron chi connectivity index (χ2n) is 8.94. The molecule has 1 heterocycles. The van der Waals surface area contributed by atoms with Crippen LogP contribution in [0, 0.1) is 0 Å². The molecular weight excluding hydrogens is 414 g/mol. The molecule has 0 aliphatic carbocycles. The predicted octanol–water partition coefficient (Wildman–Crippen LogP) is 1.75. The van der Waals surface area contributed by atoms with Gasteiger partial charge in [-0.3, -0.25) is 0 Å². The van der Waals surface area contributed by atoms with E-state index in [0.29, 0.717) is 0 Å². The van der Waals surface area contributed by atoms with Crippen molar-refractivity contribution in [3.63, 3.8) is 0 Å². The van der Waals surface area contributed by atoms with E-state index in [1.807, 2.05) is 6.08 Å². The Labute approximate surface area is 193 Å². The van der Waals surface area contributed by atoms with Gasteiger partial charge in [0.1, 0.15) is 24.4 Å². The van der Waals surface area contributed by atoms with E-state index in [9.17, 15) is 25.5 Å². The van der Waals surface area contributed by atoms with Gasteiger partial charge in [-0.2, -0.15) is 0 Å². The lowest BCUT2D eigenvalue weighted by Gasteiger charge is -2.39. The third-order valence-corrected chi connectivity index (χ3v) is 6.05. The zero-order valence-electron chi connectivity index (χ0n) is 19.7. The van der Waals surface area contributed by atoms with E-state index in [2.05, 4.69) is 6.92 Å². The molecule has 0 aromatic heterocycles. The monoisotopic (exact) mass is 461 g/mol. The van der Waals surface area contributed by atoms with Gasteiger partial charge >= 0.3 is 0 Å². The van der Waals surface area contributed by atoms with Crippen LogP contribution < -0.4 is 5.73 Å². The number of unbranched alkanes of at least 4 members (excludes halogenated alkanes) is 11. The molecule has 190 valence electrons. The van der Waals surface area contributed by atoms with Crippen molar-refractivity contribution in [1.29, 1.82) is 0 Å². The lowest BCUT2D eigenvalue weighted by Crippen LogP contribution is -2.59. The molecule has 0 spiro atoms. The van der Waals surface area contributed by atoms with Crippen LogP contribution in [-0.2, 0) is 9.47 Å². The van der Waals surface area contributed by atoms with Crippen LogP contribution in [0.5, 0.6) is 0 Å². The summed E-state index contributed by atoms with van der Waals surface area (Å²) in [4.78, 5) is 0. The van der Waals surface area contributed by atoms with Crippen molar-refractivity contribution in [1.82, 2.24) is 0 Å². The fraction of sp³-hybridized carbons (Fsp3) is 0.917. The van der Waals surface area contributed by atoms with Gasteiger partial charge in [-0.25, -0.2) is 0 Å². The first-order valence-electron chi connectivity index (χ1n) is 12.4. The minimum absolute atomic E-state index is 0.118. The Morgan fingerprint density at radius 3 is 2.00 bits per heavy atom. The van der Waals surface area contributed by atoms with Crippen molar-refractivity contribution >= 4 is 0 Å². The second-order valence-corrected chi connectivity index (χ2v) is 8.94. The van der Waals surface area contributed by atoms with Crippen molar-refractivity contribution < 1.29 is 35.0 Å². The minimum atomic E-state index is -1.50. The van der Waals surface area contributed by atoms with Crippen LogP contribution in [-0.4, -0.2) is 81.6 Å². The molecule has 0 radical (unpaired) electrons. The molecule has 0 amide bonds. The average Bonchev–Trinajstić information content (AvgIpc) is 2.79. The van der Waals surface area contributed by atoms with Gasteiger partial charge in [0.05, 0.1) is 25.4 Å². The van der Waals surface area contributed by atoms with Crippen LogP contribution in [0.25, 0.3) is 0 Å². The molecule has 1 saturated heterocycles. The smallest absolute Gasteiger partial charge is 0.186 e. The molecule has 1 rings (SSSR count). The predicted molar refractivity (Wildman–Crippen MR) is 124 cm³/mol. The molecule has 8 heteroatoms. The maximum Gasteiger partial charge on any atom is 0.186 e. The maximum absolute atomic E-state index is 10.2. The third kappa shape index (κ3) is 11.5. The van der Waals surface area contributed by atoms with Crippen LogP contribution in [0.2, 0.25) is 0 Å². The summed E-state index contributed by atoms with van der Waals surface area (Å²) in [7, 11) is 0. The Balaban J connectivity index is 2.10. The minimum Gasteiger partial charge on any atom is -0.394 e. The van der Waals surface area contributed by atoms with E-state index in [1.165, 1.54) is 64.2 Å². The Hall–Kier alpha value is -0.580. The molecule has 7 N–H and O–H groups in total. The SMILES string of the molecule is CCCCCCCCCCCCC/C=C/[C@H](O)[C@H](N)CO[C@@H]1O[C@H](CO)[C@H](O)[C@H](O)[C@H]1O. The largest absolute Gasteiger partial charge is 0.394 e. The number of aliphatic hydroxyl groups excluding tert-OH is 5. The molecular formula is C24H47NO7. The number of hydrogen-bond donors (Lipinski definition) is 6. The Morgan fingerprint density at radius 2 is 1.44 bits per heavy atom. The van der Waals surface area contributed by atoms with Crippen molar-refractivity contribution in [3.8, 4) is 0 Å². The van der Waals surface area contributed by atoms with Crippen LogP contribution in [0.4, 0.5) is 0 Å². The van der Waals surface area contributed by atoms with Crippen molar-refractivity contribution in [2.45, 2.75) is 127 Å². The fourth-order valence-corrected chi connectivity index (χ4v) is 3.81. The average molecular weight is 462 g/mol. The standard InChI is InChI=1S/C24H47NO7/c1-2-3-4-5-6-7-8-9-10-11-12-13-14-15-19(27)18(25)17-31-24-23(30)22(29)21(28)20(16-26)32-24/h14-15,18-24,26-30H,2-13,16-17,25H2,1H3/b15-14+/t18-,19+,20-,21+,22+,23-,24-/m1/s1. The topological polar surface area (TPSA) is 146 Å². The summed E-state index contributed by atoms with van der Waals surface area (Å²) in [6.07, 6.45) is 11.1. The molecule has 1 aliphatic heterocycles. The lowest BCUT2D eigenvalue weighted by molar-refractivity contribution is -0.302. The molecule has 1 aliphatic rings. The Kier molecular flexibility index (Phi) is 16.4. The summed E-state index contributed by atoms with van der Waals surface area (Å²) in [5.74, 6) is 0. The van der Waals surface area contributed by atoms with Crippen molar-refractivity contribution in [2.75, 3.05) is 13.2 Å². The molecule has 7 atom stereocenters. The number of ether oxygens (including phenoxy) is 2. The van der Waals surface area contributed by atoms with Gasteiger partial charge in [-0.1, -0.05) is 83.3 Å². The summed E-state index contributed by atoms with van der Waals surface area (Å²) < 4.78 is 10.6. The highest BCUT2D eigenvalue weighted by molar-refractivity contribution is 4.94. The van der Waals surface area contributed by atoms with Gasteiger partial charge in [0.15, 0.2) is 6.29 Å². The first-order chi connectivity index (χ1) is 15.4. The number of rotatable bonds is 18. The lowest BCUT2D eigenvalue weighted by atomic mass is 9.99. The van der Waals surface area contributed by atoms with Gasteiger partial charge in [-0.15, -0.1) is 0 Å². The summed E-state index contributed by atoms with van der Waals surface area (Å²) in [5, 5.41) is 48.8. The molecule has 0 aromatic carbocycles. The molecule has 8 nitrogen and oxygen atoms in total. The first-order valence-corrected chi connectivity index (χ1v) is 12.4. The zero-order valence-corrected chi connectivity index (χ0v) is 19.7. The molecule has 32 heavy (non-hydrogen) atoms. The normalized spacial score (nSPS) is 28.3. The van der Waals surface area contributed by atoms with E-state index in [-0.39, 0.29) is 6.61 Å². The van der Waals surface area contributed by atoms with Gasteiger partial charge in [-0.05, 0) is 12.8 Å². The zero-order chi connectivity index (χ0) is 23.8. The van der Waals surface area contributed by atoms with E-state index in [0.717, 1.165) is 12.8 Å². The first kappa shape index (κ1) is 29.5. The molecule has 0 bridgehead atoms. The van der Waals surface area contributed by atoms with Crippen molar-refractivity contribution in [3.05, 3.63) is 12.2 Å². The van der Waals surface area contributed by atoms with Crippen LogP contribution in [0.3, 0.4) is 0 Å².